The molecule has 0 N–H and O–H groups in total. The van der Waals surface area contributed by atoms with E-state index in [1.54, 1.807) is 24.8 Å². The Balaban J connectivity index is 2.21. The van der Waals surface area contributed by atoms with Crippen LogP contribution >= 0.6 is 23.4 Å². The summed E-state index contributed by atoms with van der Waals surface area (Å²) in [7, 11) is -3.09. The molecule has 0 bridgehead atoms. The number of nitrogens with zero attached hydrogens (tertiary/aromatic N) is 3. The first kappa shape index (κ1) is 16.0. The molecule has 1 aliphatic rings. The van der Waals surface area contributed by atoms with Crippen LogP contribution in [0.5, 0.6) is 0 Å². The predicted molar refractivity (Wildman–Crippen MR) is 82.8 cm³/mol. The smallest absolute Gasteiger partial charge is 0.166 e. The van der Waals surface area contributed by atoms with Gasteiger partial charge >= 0.3 is 0 Å². The number of aromatic nitrogens is 2. The molecule has 1 fully saturated rings. The molecule has 1 unspecified atom stereocenters. The Morgan fingerprint density at radius 3 is 2.90 bits per heavy atom. The lowest BCUT2D eigenvalue weighted by Crippen LogP contribution is -2.47. The van der Waals surface area contributed by atoms with Gasteiger partial charge in [-0.2, -0.15) is 11.8 Å². The third-order valence-electron chi connectivity index (χ3n) is 3.22. The second-order valence-corrected chi connectivity index (χ2v) is 8.68. The molecule has 8 heteroatoms. The Labute approximate surface area is 129 Å². The quantitative estimate of drug-likeness (QED) is 0.781. The minimum atomic E-state index is -3.09. The number of thioether (sulfide) groups is 1. The number of rotatable bonds is 4. The first-order valence-corrected chi connectivity index (χ1v) is 9.70. The number of hydrogen-bond acceptors (Lipinski definition) is 6. The van der Waals surface area contributed by atoms with Crippen LogP contribution in [0.1, 0.15) is 18.4 Å². The maximum atomic E-state index is 12.2. The average Bonchev–Trinajstić information content (AvgIpc) is 2.38. The Bertz CT molecular complexity index is 560. The molecule has 0 aromatic carbocycles. The summed E-state index contributed by atoms with van der Waals surface area (Å²) in [6.07, 6.45) is 0. The van der Waals surface area contributed by atoms with Crippen molar-refractivity contribution in [2.24, 2.45) is 0 Å². The van der Waals surface area contributed by atoms with Gasteiger partial charge in [-0.1, -0.05) is 18.5 Å². The molecule has 0 spiro atoms. The third kappa shape index (κ3) is 3.84. The molecule has 1 saturated heterocycles. The van der Waals surface area contributed by atoms with Gasteiger partial charge in [-0.05, 0) is 13.0 Å². The Hall–Kier alpha value is -0.370. The van der Waals surface area contributed by atoms with E-state index in [1.165, 1.54) is 0 Å². The highest BCUT2D eigenvalue weighted by Gasteiger charge is 2.33. The van der Waals surface area contributed by atoms with Crippen molar-refractivity contribution in [2.45, 2.75) is 25.8 Å². The van der Waals surface area contributed by atoms with Crippen LogP contribution in [0, 0.1) is 6.92 Å². The number of halogens is 1. The first-order valence-electron chi connectivity index (χ1n) is 6.46. The van der Waals surface area contributed by atoms with Gasteiger partial charge in [-0.3, -0.25) is 4.90 Å². The van der Waals surface area contributed by atoms with Crippen molar-refractivity contribution in [3.05, 3.63) is 22.7 Å². The van der Waals surface area contributed by atoms with Gasteiger partial charge in [-0.25, -0.2) is 18.4 Å². The van der Waals surface area contributed by atoms with Gasteiger partial charge in [0.1, 0.15) is 16.4 Å². The molecule has 1 aromatic rings. The highest BCUT2D eigenvalue weighted by Crippen LogP contribution is 2.23. The van der Waals surface area contributed by atoms with Gasteiger partial charge in [-0.15, -0.1) is 0 Å². The molecule has 0 radical (unpaired) electrons. The van der Waals surface area contributed by atoms with Gasteiger partial charge in [0, 0.05) is 29.5 Å². The molecule has 0 aliphatic carbocycles. The van der Waals surface area contributed by atoms with Gasteiger partial charge in [0.05, 0.1) is 6.54 Å². The molecule has 0 amide bonds. The lowest BCUT2D eigenvalue weighted by Gasteiger charge is -2.34. The van der Waals surface area contributed by atoms with E-state index in [0.29, 0.717) is 23.3 Å². The average molecular weight is 336 g/mol. The van der Waals surface area contributed by atoms with E-state index in [1.807, 2.05) is 11.8 Å². The highest BCUT2D eigenvalue weighted by atomic mass is 35.5. The van der Waals surface area contributed by atoms with Crippen LogP contribution in [0.25, 0.3) is 0 Å². The lowest BCUT2D eigenvalue weighted by molar-refractivity contribution is 0.255. The summed E-state index contributed by atoms with van der Waals surface area (Å²) in [5, 5.41) is -0.0529. The van der Waals surface area contributed by atoms with E-state index < -0.39 is 15.2 Å². The van der Waals surface area contributed by atoms with Crippen molar-refractivity contribution in [3.63, 3.8) is 0 Å². The predicted octanol–water partition coefficient (Wildman–Crippen LogP) is 1.75. The van der Waals surface area contributed by atoms with E-state index in [0.717, 1.165) is 18.0 Å². The van der Waals surface area contributed by atoms with Crippen molar-refractivity contribution in [3.8, 4) is 0 Å². The summed E-state index contributed by atoms with van der Waals surface area (Å²) in [6, 6.07) is 1.69. The molecule has 1 atom stereocenters. The molecule has 5 nitrogen and oxygen atoms in total. The van der Waals surface area contributed by atoms with E-state index in [4.69, 9.17) is 11.6 Å². The minimum absolute atomic E-state index is 0.157. The number of aryl methyl sites for hydroxylation is 1. The number of hydrogen-bond donors (Lipinski definition) is 0. The first-order chi connectivity index (χ1) is 9.42. The summed E-state index contributed by atoms with van der Waals surface area (Å²) < 4.78 is 24.3. The highest BCUT2D eigenvalue weighted by molar-refractivity contribution is 8.01. The fourth-order valence-corrected chi connectivity index (χ4v) is 5.50. The summed E-state index contributed by atoms with van der Waals surface area (Å²) in [6.45, 7) is 4.69. The van der Waals surface area contributed by atoms with Crippen molar-refractivity contribution in [1.29, 1.82) is 0 Å². The monoisotopic (exact) mass is 335 g/mol. The van der Waals surface area contributed by atoms with E-state index in [9.17, 15) is 8.42 Å². The molecular formula is C12H18ClN3O2S2. The van der Waals surface area contributed by atoms with Gasteiger partial charge in [0.25, 0.3) is 0 Å². The zero-order chi connectivity index (χ0) is 14.8. The molecule has 1 aromatic heterocycles. The van der Waals surface area contributed by atoms with E-state index >= 15 is 0 Å². The summed E-state index contributed by atoms with van der Waals surface area (Å²) in [4.78, 5) is 10.5. The molecular weight excluding hydrogens is 318 g/mol. The molecule has 20 heavy (non-hydrogen) atoms. The Morgan fingerprint density at radius 2 is 2.25 bits per heavy atom. The van der Waals surface area contributed by atoms with Crippen LogP contribution in [-0.4, -0.2) is 52.5 Å². The van der Waals surface area contributed by atoms with Crippen molar-refractivity contribution >= 4 is 33.2 Å². The Kier molecular flexibility index (Phi) is 5.28. The maximum absolute atomic E-state index is 12.2. The second-order valence-electron chi connectivity index (χ2n) is 4.70. The fourth-order valence-electron chi connectivity index (χ4n) is 2.16. The molecule has 2 heterocycles. The fraction of sp³-hybridized carbons (Fsp3) is 0.667. The Morgan fingerprint density at radius 1 is 1.50 bits per heavy atom. The normalized spacial score (nSPS) is 21.1. The van der Waals surface area contributed by atoms with Crippen molar-refractivity contribution in [2.75, 3.05) is 23.8 Å². The second kappa shape index (κ2) is 6.60. The molecule has 112 valence electrons. The van der Waals surface area contributed by atoms with Gasteiger partial charge in [0.15, 0.2) is 9.84 Å². The van der Waals surface area contributed by atoms with E-state index in [2.05, 4.69) is 9.97 Å². The van der Waals surface area contributed by atoms with Crippen LogP contribution in [0.3, 0.4) is 0 Å². The third-order valence-corrected chi connectivity index (χ3v) is 6.75. The molecule has 2 rings (SSSR count). The lowest BCUT2D eigenvalue weighted by atomic mass is 10.4. The van der Waals surface area contributed by atoms with Crippen LogP contribution in [-0.2, 0) is 16.4 Å². The van der Waals surface area contributed by atoms with Crippen molar-refractivity contribution < 1.29 is 8.42 Å². The maximum Gasteiger partial charge on any atom is 0.166 e. The SMILES string of the molecule is CCS(=O)(=O)C1CSCCN1Cc1nc(C)cc(Cl)n1. The van der Waals surface area contributed by atoms with Crippen molar-refractivity contribution in [1.82, 2.24) is 14.9 Å². The van der Waals surface area contributed by atoms with E-state index in [-0.39, 0.29) is 5.75 Å². The minimum Gasteiger partial charge on any atom is -0.278 e. The summed E-state index contributed by atoms with van der Waals surface area (Å²) in [5.74, 6) is 2.27. The standard InChI is InChI=1S/C12H18ClN3O2S2/c1-3-20(17,18)12-8-19-5-4-16(12)7-11-14-9(2)6-10(13)15-11/h6,12H,3-5,7-8H2,1-2H3. The van der Waals surface area contributed by atoms with Crippen LogP contribution in [0.4, 0.5) is 0 Å². The molecule has 1 aliphatic heterocycles. The zero-order valence-electron chi connectivity index (χ0n) is 11.5. The van der Waals surface area contributed by atoms with Crippen LogP contribution in [0.15, 0.2) is 6.07 Å². The summed E-state index contributed by atoms with van der Waals surface area (Å²) >= 11 is 7.61. The zero-order valence-corrected chi connectivity index (χ0v) is 13.9. The van der Waals surface area contributed by atoms with Crippen LogP contribution in [0.2, 0.25) is 5.15 Å². The van der Waals surface area contributed by atoms with Crippen LogP contribution < -0.4 is 0 Å². The van der Waals surface area contributed by atoms with Gasteiger partial charge < -0.3 is 0 Å². The summed E-state index contributed by atoms with van der Waals surface area (Å²) in [5.41, 5.74) is 0.793. The molecule has 0 saturated carbocycles. The largest absolute Gasteiger partial charge is 0.278 e. The van der Waals surface area contributed by atoms with Gasteiger partial charge in [0.2, 0.25) is 0 Å². The number of sulfone groups is 1. The topological polar surface area (TPSA) is 63.2 Å².